The van der Waals surface area contributed by atoms with Gasteiger partial charge in [-0.15, -0.1) is 6.42 Å². The molecule has 2 atom stereocenters. The number of hydrogen-bond donors (Lipinski definition) is 2. The van der Waals surface area contributed by atoms with E-state index < -0.39 is 6.10 Å². The summed E-state index contributed by atoms with van der Waals surface area (Å²) in [5, 5.41) is 13.0. The summed E-state index contributed by atoms with van der Waals surface area (Å²) in [6, 6.07) is 0.0688. The highest BCUT2D eigenvalue weighted by Crippen LogP contribution is 2.20. The molecule has 0 aromatic heterocycles. The SMILES string of the molecule is C#CC(CCC)NCC(O)COC1CCCCC1. The Morgan fingerprint density at radius 2 is 2.11 bits per heavy atom. The van der Waals surface area contributed by atoms with Gasteiger partial charge in [-0.1, -0.05) is 38.5 Å². The Labute approximate surface area is 111 Å². The van der Waals surface area contributed by atoms with Gasteiger partial charge >= 0.3 is 0 Å². The van der Waals surface area contributed by atoms with Gasteiger partial charge in [-0.25, -0.2) is 0 Å². The van der Waals surface area contributed by atoms with Crippen molar-refractivity contribution < 1.29 is 9.84 Å². The van der Waals surface area contributed by atoms with Crippen LogP contribution in [0.15, 0.2) is 0 Å². The van der Waals surface area contributed by atoms with Crippen molar-refractivity contribution >= 4 is 0 Å². The maximum atomic E-state index is 9.84. The van der Waals surface area contributed by atoms with E-state index >= 15 is 0 Å². The quantitative estimate of drug-likeness (QED) is 0.651. The van der Waals surface area contributed by atoms with Crippen molar-refractivity contribution in [3.8, 4) is 12.3 Å². The van der Waals surface area contributed by atoms with Crippen molar-refractivity contribution in [2.45, 2.75) is 70.1 Å². The van der Waals surface area contributed by atoms with Gasteiger partial charge in [-0.2, -0.15) is 0 Å². The predicted octanol–water partition coefficient (Wildman–Crippen LogP) is 2.09. The minimum absolute atomic E-state index is 0.0688. The molecule has 18 heavy (non-hydrogen) atoms. The maximum absolute atomic E-state index is 9.84. The largest absolute Gasteiger partial charge is 0.389 e. The van der Waals surface area contributed by atoms with E-state index in [1.807, 2.05) is 0 Å². The first-order valence-corrected chi connectivity index (χ1v) is 7.25. The zero-order valence-corrected chi connectivity index (χ0v) is 11.5. The number of hydrogen-bond acceptors (Lipinski definition) is 3. The molecule has 104 valence electrons. The van der Waals surface area contributed by atoms with Crippen LogP contribution in [0.3, 0.4) is 0 Å². The molecule has 0 amide bonds. The lowest BCUT2D eigenvalue weighted by molar-refractivity contribution is -0.0232. The summed E-state index contributed by atoms with van der Waals surface area (Å²) >= 11 is 0. The first-order valence-electron chi connectivity index (χ1n) is 7.25. The second-order valence-corrected chi connectivity index (χ2v) is 5.16. The van der Waals surface area contributed by atoms with Crippen LogP contribution in [-0.4, -0.2) is 36.5 Å². The van der Waals surface area contributed by atoms with Gasteiger partial charge in [0.05, 0.1) is 24.9 Å². The van der Waals surface area contributed by atoms with Crippen LogP contribution in [0.2, 0.25) is 0 Å². The third kappa shape index (κ3) is 6.39. The Hall–Kier alpha value is -0.560. The number of rotatable bonds is 8. The Morgan fingerprint density at radius 3 is 2.72 bits per heavy atom. The highest BCUT2D eigenvalue weighted by atomic mass is 16.5. The third-order valence-corrected chi connectivity index (χ3v) is 3.45. The fraction of sp³-hybridized carbons (Fsp3) is 0.867. The molecular formula is C15H27NO2. The highest BCUT2D eigenvalue weighted by Gasteiger charge is 2.15. The van der Waals surface area contributed by atoms with Gasteiger partial charge in [0.25, 0.3) is 0 Å². The van der Waals surface area contributed by atoms with Gasteiger partial charge in [-0.05, 0) is 19.3 Å². The van der Waals surface area contributed by atoms with Crippen LogP contribution in [0.25, 0.3) is 0 Å². The smallest absolute Gasteiger partial charge is 0.0898 e. The molecule has 1 saturated carbocycles. The van der Waals surface area contributed by atoms with Crippen molar-refractivity contribution in [2.75, 3.05) is 13.2 Å². The van der Waals surface area contributed by atoms with E-state index in [0.29, 0.717) is 19.3 Å². The van der Waals surface area contributed by atoms with Crippen LogP contribution >= 0.6 is 0 Å². The molecule has 0 spiro atoms. The molecule has 0 radical (unpaired) electrons. The predicted molar refractivity (Wildman–Crippen MR) is 74.4 cm³/mol. The van der Waals surface area contributed by atoms with Crippen LogP contribution in [0.5, 0.6) is 0 Å². The standard InChI is InChI=1S/C15H27NO2/c1-3-8-13(4-2)16-11-14(17)12-18-15-9-6-5-7-10-15/h2,13-17H,3,5-12H2,1H3. The molecule has 1 aliphatic rings. The molecule has 0 aromatic rings. The minimum atomic E-state index is -0.459. The van der Waals surface area contributed by atoms with Crippen molar-refractivity contribution in [3.63, 3.8) is 0 Å². The normalized spacial score (nSPS) is 20.3. The molecule has 2 unspecified atom stereocenters. The van der Waals surface area contributed by atoms with Crippen molar-refractivity contribution in [1.29, 1.82) is 0 Å². The summed E-state index contributed by atoms with van der Waals surface area (Å²) in [6.07, 6.45) is 13.4. The van der Waals surface area contributed by atoms with Gasteiger partial charge in [0.2, 0.25) is 0 Å². The summed E-state index contributed by atoms with van der Waals surface area (Å²) in [5.74, 6) is 2.70. The van der Waals surface area contributed by atoms with Crippen LogP contribution in [0.1, 0.15) is 51.9 Å². The number of nitrogens with one attached hydrogen (secondary N) is 1. The summed E-state index contributed by atoms with van der Waals surface area (Å²) < 4.78 is 5.73. The van der Waals surface area contributed by atoms with Crippen LogP contribution in [-0.2, 0) is 4.74 Å². The van der Waals surface area contributed by atoms with E-state index in [1.165, 1.54) is 19.3 Å². The van der Waals surface area contributed by atoms with Crippen LogP contribution in [0.4, 0.5) is 0 Å². The summed E-state index contributed by atoms with van der Waals surface area (Å²) in [5.41, 5.74) is 0. The Kier molecular flexibility index (Phi) is 8.08. The summed E-state index contributed by atoms with van der Waals surface area (Å²) in [7, 11) is 0. The van der Waals surface area contributed by atoms with E-state index in [2.05, 4.69) is 18.2 Å². The maximum Gasteiger partial charge on any atom is 0.0898 e. The van der Waals surface area contributed by atoms with E-state index in [-0.39, 0.29) is 6.04 Å². The second kappa shape index (κ2) is 9.38. The molecule has 0 bridgehead atoms. The lowest BCUT2D eigenvalue weighted by atomic mass is 9.98. The van der Waals surface area contributed by atoms with Crippen molar-refractivity contribution in [3.05, 3.63) is 0 Å². The molecule has 0 heterocycles. The lowest BCUT2D eigenvalue weighted by Gasteiger charge is -2.24. The van der Waals surface area contributed by atoms with Gasteiger partial charge in [0.15, 0.2) is 0 Å². The monoisotopic (exact) mass is 253 g/mol. The molecule has 0 aromatic carbocycles. The first kappa shape index (κ1) is 15.5. The van der Waals surface area contributed by atoms with Gasteiger partial charge in [0, 0.05) is 6.54 Å². The summed E-state index contributed by atoms with van der Waals surface area (Å²) in [6.45, 7) is 3.04. The highest BCUT2D eigenvalue weighted by molar-refractivity contribution is 4.98. The Morgan fingerprint density at radius 1 is 1.39 bits per heavy atom. The van der Waals surface area contributed by atoms with E-state index in [1.54, 1.807) is 0 Å². The molecule has 1 rings (SSSR count). The third-order valence-electron chi connectivity index (χ3n) is 3.45. The number of aliphatic hydroxyl groups excluding tert-OH is 1. The first-order chi connectivity index (χ1) is 8.76. The van der Waals surface area contributed by atoms with Gasteiger partial charge in [-0.3, -0.25) is 0 Å². The molecule has 2 N–H and O–H groups in total. The number of aliphatic hydroxyl groups is 1. The van der Waals surface area contributed by atoms with E-state index in [4.69, 9.17) is 11.2 Å². The molecule has 0 aliphatic heterocycles. The molecule has 3 nitrogen and oxygen atoms in total. The van der Waals surface area contributed by atoms with Crippen molar-refractivity contribution in [1.82, 2.24) is 5.32 Å². The van der Waals surface area contributed by atoms with Crippen LogP contribution in [0, 0.1) is 12.3 Å². The zero-order valence-electron chi connectivity index (χ0n) is 11.5. The fourth-order valence-electron chi connectivity index (χ4n) is 2.35. The Balaban J connectivity index is 2.09. The van der Waals surface area contributed by atoms with Gasteiger partial charge in [0.1, 0.15) is 0 Å². The zero-order chi connectivity index (χ0) is 13.2. The van der Waals surface area contributed by atoms with Gasteiger partial charge < -0.3 is 15.2 Å². The topological polar surface area (TPSA) is 41.5 Å². The minimum Gasteiger partial charge on any atom is -0.389 e. The summed E-state index contributed by atoms with van der Waals surface area (Å²) in [4.78, 5) is 0. The molecule has 1 fully saturated rings. The molecular weight excluding hydrogens is 226 g/mol. The fourth-order valence-corrected chi connectivity index (χ4v) is 2.35. The molecule has 3 heteroatoms. The average Bonchev–Trinajstić information content (AvgIpc) is 2.42. The van der Waals surface area contributed by atoms with E-state index in [9.17, 15) is 5.11 Å². The average molecular weight is 253 g/mol. The number of ether oxygens (including phenoxy) is 1. The van der Waals surface area contributed by atoms with E-state index in [0.717, 1.165) is 25.7 Å². The molecule has 0 saturated heterocycles. The number of terminal acetylenes is 1. The lowest BCUT2D eigenvalue weighted by Crippen LogP contribution is -2.37. The Bertz CT molecular complexity index is 243. The van der Waals surface area contributed by atoms with Crippen LogP contribution < -0.4 is 5.32 Å². The second-order valence-electron chi connectivity index (χ2n) is 5.16. The van der Waals surface area contributed by atoms with Crippen molar-refractivity contribution in [2.24, 2.45) is 0 Å². The molecule has 1 aliphatic carbocycles.